The fourth-order valence-electron chi connectivity index (χ4n) is 4.06. The molecule has 3 aromatic rings. The van der Waals surface area contributed by atoms with Gasteiger partial charge in [0.15, 0.2) is 0 Å². The van der Waals surface area contributed by atoms with Crippen LogP contribution >= 0.6 is 11.6 Å². The number of H-pyrrole nitrogens is 1. The Morgan fingerprint density at radius 1 is 1.14 bits per heavy atom. The van der Waals surface area contributed by atoms with Gasteiger partial charge in [0.1, 0.15) is 5.82 Å². The first-order valence-electron chi connectivity index (χ1n) is 9.51. The van der Waals surface area contributed by atoms with Crippen molar-refractivity contribution in [1.29, 1.82) is 0 Å². The molecule has 2 aromatic carbocycles. The summed E-state index contributed by atoms with van der Waals surface area (Å²) in [7, 11) is 0. The molecule has 0 amide bonds. The molecule has 2 nitrogen and oxygen atoms in total. The molecule has 1 aromatic heterocycles. The lowest BCUT2D eigenvalue weighted by atomic mass is 9.88. The Balaban J connectivity index is 1.45. The number of hydrogen-bond donors (Lipinski definition) is 1. The molecule has 1 aliphatic rings. The summed E-state index contributed by atoms with van der Waals surface area (Å²) in [6.07, 6.45) is 2.35. The first-order valence-corrected chi connectivity index (χ1v) is 9.89. The molecule has 0 aliphatic carbocycles. The number of aromatic amines is 1. The van der Waals surface area contributed by atoms with Gasteiger partial charge in [-0.1, -0.05) is 35.9 Å². The summed E-state index contributed by atoms with van der Waals surface area (Å²) in [4.78, 5) is 5.27. The molecular formula is C22H22ClF3N2. The van der Waals surface area contributed by atoms with Crippen LogP contribution in [0.3, 0.4) is 0 Å². The van der Waals surface area contributed by atoms with Crippen molar-refractivity contribution >= 4 is 22.5 Å². The monoisotopic (exact) mass is 406 g/mol. The molecule has 4 rings (SSSR count). The lowest BCUT2D eigenvalue weighted by molar-refractivity contribution is -0.109. The van der Waals surface area contributed by atoms with Crippen molar-refractivity contribution in [1.82, 2.24) is 9.88 Å². The fraction of sp³-hybridized carbons (Fsp3) is 0.364. The lowest BCUT2D eigenvalue weighted by Gasteiger charge is -2.38. The van der Waals surface area contributed by atoms with E-state index in [0.717, 1.165) is 16.5 Å². The van der Waals surface area contributed by atoms with Gasteiger partial charge in [-0.2, -0.15) is 0 Å². The van der Waals surface area contributed by atoms with Gasteiger partial charge in [-0.15, -0.1) is 0 Å². The smallest absolute Gasteiger partial charge is 0.253 e. The lowest BCUT2D eigenvalue weighted by Crippen LogP contribution is -2.46. The summed E-state index contributed by atoms with van der Waals surface area (Å²) in [6.45, 7) is 1.26. The number of aryl methyl sites for hydroxylation is 1. The van der Waals surface area contributed by atoms with Crippen LogP contribution in [0.25, 0.3) is 10.9 Å². The summed E-state index contributed by atoms with van der Waals surface area (Å²) < 4.78 is 42.8. The van der Waals surface area contributed by atoms with E-state index in [1.165, 1.54) is 6.07 Å². The SMILES string of the molecule is Fc1ccccc1CCC1CN(Cc2c[nH]c3cc(Cl)ccc23)CCC1(F)F. The Morgan fingerprint density at radius 3 is 2.79 bits per heavy atom. The van der Waals surface area contributed by atoms with Gasteiger partial charge in [-0.3, -0.25) is 4.90 Å². The maximum Gasteiger partial charge on any atom is 0.253 e. The summed E-state index contributed by atoms with van der Waals surface area (Å²) >= 11 is 6.03. The van der Waals surface area contributed by atoms with Crippen molar-refractivity contribution in [3.05, 3.63) is 70.6 Å². The topological polar surface area (TPSA) is 19.0 Å². The molecule has 1 N–H and O–H groups in total. The van der Waals surface area contributed by atoms with E-state index < -0.39 is 11.8 Å². The van der Waals surface area contributed by atoms with Crippen LogP contribution in [0.1, 0.15) is 24.0 Å². The highest BCUT2D eigenvalue weighted by molar-refractivity contribution is 6.31. The predicted octanol–water partition coefficient (Wildman–Crippen LogP) is 6.05. The number of aromatic nitrogens is 1. The minimum atomic E-state index is -2.71. The maximum atomic E-state index is 14.5. The Kier molecular flexibility index (Phi) is 5.39. The van der Waals surface area contributed by atoms with Crippen LogP contribution < -0.4 is 0 Å². The van der Waals surface area contributed by atoms with Crippen LogP contribution in [0, 0.1) is 11.7 Å². The quantitative estimate of drug-likeness (QED) is 0.546. The van der Waals surface area contributed by atoms with Gasteiger partial charge in [0, 0.05) is 54.1 Å². The molecule has 1 saturated heterocycles. The highest BCUT2D eigenvalue weighted by Gasteiger charge is 2.43. The summed E-state index contributed by atoms with van der Waals surface area (Å²) in [5, 5.41) is 1.72. The van der Waals surface area contributed by atoms with Gasteiger partial charge in [0.25, 0.3) is 5.92 Å². The molecule has 0 saturated carbocycles. The molecule has 1 fully saturated rings. The van der Waals surface area contributed by atoms with Crippen LogP contribution in [0.2, 0.25) is 5.02 Å². The number of piperidine rings is 1. The minimum Gasteiger partial charge on any atom is -0.361 e. The third-order valence-corrected chi connectivity index (χ3v) is 5.92. The number of hydrogen-bond acceptors (Lipinski definition) is 1. The Morgan fingerprint density at radius 2 is 1.96 bits per heavy atom. The standard InChI is InChI=1S/C22H22ClF3N2/c23-18-7-8-19-16(12-27-21(19)11-18)13-28-10-9-22(25,26)17(14-28)6-5-15-3-1-2-4-20(15)24/h1-4,7-8,11-12,17,27H,5-6,9-10,13-14H2. The third kappa shape index (κ3) is 4.06. The van der Waals surface area contributed by atoms with E-state index in [4.69, 9.17) is 11.6 Å². The zero-order valence-corrected chi connectivity index (χ0v) is 16.2. The molecule has 1 unspecified atom stereocenters. The number of halogens is 4. The van der Waals surface area contributed by atoms with Gasteiger partial charge in [0.2, 0.25) is 0 Å². The van der Waals surface area contributed by atoms with Crippen LogP contribution in [-0.4, -0.2) is 28.9 Å². The number of benzene rings is 2. The van der Waals surface area contributed by atoms with Crippen molar-refractivity contribution in [2.45, 2.75) is 31.7 Å². The average Bonchev–Trinajstić information content (AvgIpc) is 3.05. The van der Waals surface area contributed by atoms with Crippen molar-refractivity contribution in [2.75, 3.05) is 13.1 Å². The number of nitrogens with zero attached hydrogens (tertiary/aromatic N) is 1. The number of alkyl halides is 2. The molecule has 0 radical (unpaired) electrons. The van der Waals surface area contributed by atoms with Crippen LogP contribution in [-0.2, 0) is 13.0 Å². The normalized spacial score (nSPS) is 19.9. The van der Waals surface area contributed by atoms with E-state index in [1.807, 2.05) is 24.4 Å². The Hall–Kier alpha value is -1.98. The second-order valence-corrected chi connectivity index (χ2v) is 8.01. The molecular weight excluding hydrogens is 385 g/mol. The van der Waals surface area contributed by atoms with Gasteiger partial charge < -0.3 is 4.98 Å². The first-order chi connectivity index (χ1) is 13.4. The Labute approximate surface area is 167 Å². The predicted molar refractivity (Wildman–Crippen MR) is 106 cm³/mol. The molecule has 148 valence electrons. The zero-order valence-electron chi connectivity index (χ0n) is 15.4. The second-order valence-electron chi connectivity index (χ2n) is 7.58. The summed E-state index contributed by atoms with van der Waals surface area (Å²) in [5.74, 6) is -3.81. The third-order valence-electron chi connectivity index (χ3n) is 5.68. The van der Waals surface area contributed by atoms with E-state index >= 15 is 0 Å². The van der Waals surface area contributed by atoms with Gasteiger partial charge >= 0.3 is 0 Å². The van der Waals surface area contributed by atoms with Crippen LogP contribution in [0.15, 0.2) is 48.7 Å². The molecule has 2 heterocycles. The van der Waals surface area contributed by atoms with E-state index in [1.54, 1.807) is 18.2 Å². The highest BCUT2D eigenvalue weighted by atomic mass is 35.5. The van der Waals surface area contributed by atoms with Crippen molar-refractivity contribution in [3.63, 3.8) is 0 Å². The Bertz CT molecular complexity index is 969. The fourth-order valence-corrected chi connectivity index (χ4v) is 4.23. The van der Waals surface area contributed by atoms with Gasteiger partial charge in [-0.25, -0.2) is 13.2 Å². The zero-order chi connectivity index (χ0) is 19.7. The van der Waals surface area contributed by atoms with E-state index in [0.29, 0.717) is 36.6 Å². The summed E-state index contributed by atoms with van der Waals surface area (Å²) in [6, 6.07) is 12.1. The van der Waals surface area contributed by atoms with Crippen LogP contribution in [0.4, 0.5) is 13.2 Å². The van der Waals surface area contributed by atoms with Crippen molar-refractivity contribution in [3.8, 4) is 0 Å². The number of rotatable bonds is 5. The average molecular weight is 407 g/mol. The summed E-state index contributed by atoms with van der Waals surface area (Å²) in [5.41, 5.74) is 2.52. The van der Waals surface area contributed by atoms with E-state index in [-0.39, 0.29) is 18.7 Å². The number of nitrogens with one attached hydrogen (secondary N) is 1. The highest BCUT2D eigenvalue weighted by Crippen LogP contribution is 2.37. The molecule has 6 heteroatoms. The maximum absolute atomic E-state index is 14.5. The molecule has 1 aliphatic heterocycles. The van der Waals surface area contributed by atoms with Crippen LogP contribution in [0.5, 0.6) is 0 Å². The largest absolute Gasteiger partial charge is 0.361 e. The van der Waals surface area contributed by atoms with E-state index in [2.05, 4.69) is 9.88 Å². The molecule has 28 heavy (non-hydrogen) atoms. The number of likely N-dealkylation sites (tertiary alicyclic amines) is 1. The molecule has 0 bridgehead atoms. The molecule has 0 spiro atoms. The first kappa shape index (κ1) is 19.3. The van der Waals surface area contributed by atoms with Gasteiger partial charge in [-0.05, 0) is 42.2 Å². The van der Waals surface area contributed by atoms with E-state index in [9.17, 15) is 13.2 Å². The van der Waals surface area contributed by atoms with Crippen molar-refractivity contribution in [2.24, 2.45) is 5.92 Å². The molecule has 1 atom stereocenters. The van der Waals surface area contributed by atoms with Crippen molar-refractivity contribution < 1.29 is 13.2 Å². The second kappa shape index (κ2) is 7.80. The van der Waals surface area contributed by atoms with Gasteiger partial charge in [0.05, 0.1) is 0 Å². The number of fused-ring (bicyclic) bond motifs is 1. The minimum absolute atomic E-state index is 0.164.